The summed E-state index contributed by atoms with van der Waals surface area (Å²) in [6.45, 7) is 8.99. The number of ether oxygens (including phenoxy) is 1. The Balaban J connectivity index is 2.03. The monoisotopic (exact) mass is 304 g/mol. The standard InChI is InChI=1S/C17H24N2OS/c1-4-6-11-18-12-16-13(3)19-17(21-16)14-7-9-15(10-8-14)20-5-2/h7-10,18H,4-6,11-12H2,1-3H3. The Morgan fingerprint density at radius 3 is 2.62 bits per heavy atom. The molecule has 2 aromatic rings. The van der Waals surface area contributed by atoms with Crippen LogP contribution in [-0.2, 0) is 6.54 Å². The lowest BCUT2D eigenvalue weighted by molar-refractivity contribution is 0.340. The van der Waals surface area contributed by atoms with Crippen molar-refractivity contribution >= 4 is 11.3 Å². The number of benzene rings is 1. The lowest BCUT2D eigenvalue weighted by Crippen LogP contribution is -2.14. The summed E-state index contributed by atoms with van der Waals surface area (Å²) in [4.78, 5) is 6.02. The Hall–Kier alpha value is -1.39. The van der Waals surface area contributed by atoms with Crippen molar-refractivity contribution in [1.82, 2.24) is 10.3 Å². The summed E-state index contributed by atoms with van der Waals surface area (Å²) in [5.41, 5.74) is 2.29. The third-order valence-corrected chi connectivity index (χ3v) is 4.50. The molecular weight excluding hydrogens is 280 g/mol. The smallest absolute Gasteiger partial charge is 0.123 e. The lowest BCUT2D eigenvalue weighted by atomic mass is 10.2. The van der Waals surface area contributed by atoms with E-state index < -0.39 is 0 Å². The average molecular weight is 304 g/mol. The molecule has 0 amide bonds. The average Bonchev–Trinajstić information content (AvgIpc) is 2.86. The van der Waals surface area contributed by atoms with Crippen molar-refractivity contribution in [2.24, 2.45) is 0 Å². The van der Waals surface area contributed by atoms with Gasteiger partial charge in [0.25, 0.3) is 0 Å². The molecule has 0 saturated heterocycles. The zero-order valence-electron chi connectivity index (χ0n) is 13.1. The highest BCUT2D eigenvalue weighted by atomic mass is 32.1. The largest absolute Gasteiger partial charge is 0.494 e. The highest BCUT2D eigenvalue weighted by Crippen LogP contribution is 2.29. The zero-order chi connectivity index (χ0) is 15.1. The van der Waals surface area contributed by atoms with Crippen LogP contribution in [0.25, 0.3) is 10.6 Å². The Morgan fingerprint density at radius 1 is 1.19 bits per heavy atom. The van der Waals surface area contributed by atoms with Crippen LogP contribution in [0.4, 0.5) is 0 Å². The van der Waals surface area contributed by atoms with Gasteiger partial charge < -0.3 is 10.1 Å². The van der Waals surface area contributed by atoms with Crippen LogP contribution in [-0.4, -0.2) is 18.1 Å². The first-order valence-electron chi connectivity index (χ1n) is 7.64. The van der Waals surface area contributed by atoms with Crippen LogP contribution < -0.4 is 10.1 Å². The van der Waals surface area contributed by atoms with Crippen molar-refractivity contribution in [1.29, 1.82) is 0 Å². The van der Waals surface area contributed by atoms with Gasteiger partial charge in [-0.1, -0.05) is 13.3 Å². The Labute approximate surface area is 131 Å². The maximum atomic E-state index is 5.47. The molecule has 1 N–H and O–H groups in total. The van der Waals surface area contributed by atoms with Crippen molar-refractivity contribution < 1.29 is 4.74 Å². The van der Waals surface area contributed by atoms with Crippen LogP contribution in [0.3, 0.4) is 0 Å². The molecule has 0 atom stereocenters. The molecule has 4 heteroatoms. The van der Waals surface area contributed by atoms with E-state index in [1.54, 1.807) is 11.3 Å². The molecule has 0 fully saturated rings. The molecule has 114 valence electrons. The summed E-state index contributed by atoms with van der Waals surface area (Å²) < 4.78 is 5.47. The predicted molar refractivity (Wildman–Crippen MR) is 90.1 cm³/mol. The topological polar surface area (TPSA) is 34.1 Å². The molecule has 0 aliphatic rings. The number of nitrogens with zero attached hydrogens (tertiary/aromatic N) is 1. The molecule has 1 aromatic carbocycles. The summed E-state index contributed by atoms with van der Waals surface area (Å²) in [5, 5.41) is 4.57. The van der Waals surface area contributed by atoms with E-state index in [2.05, 4.69) is 31.3 Å². The molecule has 0 bridgehead atoms. The Bertz CT molecular complexity index is 548. The quantitative estimate of drug-likeness (QED) is 0.734. The predicted octanol–water partition coefficient (Wildman–Crippen LogP) is 4.41. The summed E-state index contributed by atoms with van der Waals surface area (Å²) >= 11 is 1.78. The second-order valence-electron chi connectivity index (χ2n) is 5.02. The van der Waals surface area contributed by atoms with Gasteiger partial charge in [0.1, 0.15) is 10.8 Å². The zero-order valence-corrected chi connectivity index (χ0v) is 13.9. The first kappa shape index (κ1) is 16.0. The van der Waals surface area contributed by atoms with Gasteiger partial charge in [-0.3, -0.25) is 0 Å². The fourth-order valence-electron chi connectivity index (χ4n) is 2.08. The second-order valence-corrected chi connectivity index (χ2v) is 6.10. The van der Waals surface area contributed by atoms with Gasteiger partial charge in [-0.25, -0.2) is 4.98 Å². The SMILES string of the molecule is CCCCNCc1sc(-c2ccc(OCC)cc2)nc1C. The third kappa shape index (κ3) is 4.55. The van der Waals surface area contributed by atoms with Crippen molar-refractivity contribution in [3.05, 3.63) is 34.8 Å². The van der Waals surface area contributed by atoms with Crippen molar-refractivity contribution in [3.63, 3.8) is 0 Å². The molecular formula is C17H24N2OS. The van der Waals surface area contributed by atoms with Gasteiger partial charge in [-0.05, 0) is 51.1 Å². The maximum Gasteiger partial charge on any atom is 0.123 e. The van der Waals surface area contributed by atoms with E-state index in [9.17, 15) is 0 Å². The minimum Gasteiger partial charge on any atom is -0.494 e. The first-order valence-corrected chi connectivity index (χ1v) is 8.46. The van der Waals surface area contributed by atoms with Crippen LogP contribution >= 0.6 is 11.3 Å². The molecule has 0 saturated carbocycles. The number of thiazole rings is 1. The van der Waals surface area contributed by atoms with Gasteiger partial charge in [0.15, 0.2) is 0 Å². The van der Waals surface area contributed by atoms with Gasteiger partial charge in [-0.2, -0.15) is 0 Å². The van der Waals surface area contributed by atoms with E-state index in [1.165, 1.54) is 17.7 Å². The molecule has 1 aromatic heterocycles. The highest BCUT2D eigenvalue weighted by molar-refractivity contribution is 7.15. The normalized spacial score (nSPS) is 10.8. The third-order valence-electron chi connectivity index (χ3n) is 3.30. The van der Waals surface area contributed by atoms with Gasteiger partial charge >= 0.3 is 0 Å². The highest BCUT2D eigenvalue weighted by Gasteiger charge is 2.09. The number of aryl methyl sites for hydroxylation is 1. The van der Waals surface area contributed by atoms with Gasteiger partial charge in [0.05, 0.1) is 12.3 Å². The molecule has 0 aliphatic carbocycles. The van der Waals surface area contributed by atoms with Gasteiger partial charge in [-0.15, -0.1) is 11.3 Å². The molecule has 3 nitrogen and oxygen atoms in total. The molecule has 0 spiro atoms. The van der Waals surface area contributed by atoms with Crippen LogP contribution in [0.15, 0.2) is 24.3 Å². The molecule has 2 rings (SSSR count). The first-order chi connectivity index (χ1) is 10.2. The van der Waals surface area contributed by atoms with E-state index in [4.69, 9.17) is 9.72 Å². The summed E-state index contributed by atoms with van der Waals surface area (Å²) in [6.07, 6.45) is 2.45. The number of unbranched alkanes of at least 4 members (excludes halogenated alkanes) is 1. The summed E-state index contributed by atoms with van der Waals surface area (Å²) in [7, 11) is 0. The van der Waals surface area contributed by atoms with E-state index in [-0.39, 0.29) is 0 Å². The Morgan fingerprint density at radius 2 is 1.95 bits per heavy atom. The molecule has 0 radical (unpaired) electrons. The van der Waals surface area contributed by atoms with Gasteiger partial charge in [0.2, 0.25) is 0 Å². The fraction of sp³-hybridized carbons (Fsp3) is 0.471. The van der Waals surface area contributed by atoms with Gasteiger partial charge in [0, 0.05) is 17.0 Å². The fourth-order valence-corrected chi connectivity index (χ4v) is 3.12. The van der Waals surface area contributed by atoms with Crippen LogP contribution in [0, 0.1) is 6.92 Å². The van der Waals surface area contributed by atoms with Crippen molar-refractivity contribution in [2.45, 2.75) is 40.2 Å². The van der Waals surface area contributed by atoms with Crippen LogP contribution in [0.1, 0.15) is 37.3 Å². The number of rotatable bonds is 8. The molecule has 0 aliphatic heterocycles. The molecule has 1 heterocycles. The minimum atomic E-state index is 0.698. The second kappa shape index (κ2) is 8.15. The van der Waals surface area contributed by atoms with Crippen LogP contribution in [0.2, 0.25) is 0 Å². The maximum absolute atomic E-state index is 5.47. The van der Waals surface area contributed by atoms with Crippen molar-refractivity contribution in [2.75, 3.05) is 13.2 Å². The molecule has 0 unspecified atom stereocenters. The number of aromatic nitrogens is 1. The summed E-state index contributed by atoms with van der Waals surface area (Å²) in [5.74, 6) is 0.913. The van der Waals surface area contributed by atoms with E-state index in [0.29, 0.717) is 6.61 Å². The minimum absolute atomic E-state index is 0.698. The number of nitrogens with one attached hydrogen (secondary N) is 1. The Kier molecular flexibility index (Phi) is 6.21. The summed E-state index contributed by atoms with van der Waals surface area (Å²) in [6, 6.07) is 8.18. The number of hydrogen-bond donors (Lipinski definition) is 1. The molecule has 21 heavy (non-hydrogen) atoms. The van der Waals surface area contributed by atoms with Crippen molar-refractivity contribution in [3.8, 4) is 16.3 Å². The number of hydrogen-bond acceptors (Lipinski definition) is 4. The lowest BCUT2D eigenvalue weighted by Gasteiger charge is -2.03. The van der Waals surface area contributed by atoms with E-state index >= 15 is 0 Å². The van der Waals surface area contributed by atoms with E-state index in [0.717, 1.165) is 35.1 Å². The van der Waals surface area contributed by atoms with Crippen LogP contribution in [0.5, 0.6) is 5.75 Å². The van der Waals surface area contributed by atoms with E-state index in [1.807, 2.05) is 19.1 Å².